The molecule has 0 aliphatic heterocycles. The van der Waals surface area contributed by atoms with E-state index in [0.717, 1.165) is 16.2 Å². The summed E-state index contributed by atoms with van der Waals surface area (Å²) in [6.07, 6.45) is 0.500. The van der Waals surface area contributed by atoms with Crippen LogP contribution < -0.4 is 10.5 Å². The Morgan fingerprint density at radius 1 is 1.50 bits per heavy atom. The summed E-state index contributed by atoms with van der Waals surface area (Å²) in [4.78, 5) is 0.993. The number of thiophene rings is 1. The third-order valence-corrected chi connectivity index (χ3v) is 4.13. The Bertz CT molecular complexity index is 544. The van der Waals surface area contributed by atoms with E-state index in [-0.39, 0.29) is 11.1 Å². The van der Waals surface area contributed by atoms with Crippen molar-refractivity contribution in [2.24, 2.45) is 5.73 Å². The van der Waals surface area contributed by atoms with Gasteiger partial charge in [-0.1, -0.05) is 23.7 Å². The molecule has 1 aromatic heterocycles. The van der Waals surface area contributed by atoms with Crippen LogP contribution in [0.15, 0.2) is 29.6 Å². The number of methoxy groups -OCH3 is 1. The van der Waals surface area contributed by atoms with Gasteiger partial charge in [0.05, 0.1) is 12.1 Å². The van der Waals surface area contributed by atoms with Crippen molar-refractivity contribution in [3.05, 3.63) is 50.9 Å². The van der Waals surface area contributed by atoms with E-state index in [0.29, 0.717) is 6.42 Å². The first kappa shape index (κ1) is 13.3. The van der Waals surface area contributed by atoms with E-state index in [1.807, 2.05) is 11.4 Å². The number of rotatable bonds is 4. The fourth-order valence-corrected chi connectivity index (χ4v) is 2.74. The zero-order valence-corrected chi connectivity index (χ0v) is 11.4. The van der Waals surface area contributed by atoms with Crippen LogP contribution >= 0.6 is 22.9 Å². The highest BCUT2D eigenvalue weighted by Crippen LogP contribution is 2.29. The highest BCUT2D eigenvalue weighted by molar-refractivity contribution is 7.10. The lowest BCUT2D eigenvalue weighted by molar-refractivity contribution is 0.416. The fourth-order valence-electron chi connectivity index (χ4n) is 1.68. The summed E-state index contributed by atoms with van der Waals surface area (Å²) in [7, 11) is 1.61. The van der Waals surface area contributed by atoms with Crippen LogP contribution in [0.4, 0.5) is 4.39 Å². The quantitative estimate of drug-likeness (QED) is 0.927. The van der Waals surface area contributed by atoms with Crippen LogP contribution in [0.5, 0.6) is 5.75 Å². The molecular weight excluding hydrogens is 273 g/mol. The maximum absolute atomic E-state index is 13.3. The first-order valence-corrected chi connectivity index (χ1v) is 6.68. The van der Waals surface area contributed by atoms with Crippen molar-refractivity contribution in [2.75, 3.05) is 7.11 Å². The second-order valence-electron chi connectivity index (χ2n) is 3.91. The molecule has 0 bridgehead atoms. The average molecular weight is 286 g/mol. The minimum Gasteiger partial charge on any atom is -0.496 e. The van der Waals surface area contributed by atoms with Gasteiger partial charge < -0.3 is 10.5 Å². The van der Waals surface area contributed by atoms with Crippen molar-refractivity contribution < 1.29 is 9.13 Å². The Hall–Kier alpha value is -1.10. The molecule has 0 saturated heterocycles. The summed E-state index contributed by atoms with van der Waals surface area (Å²) in [6.45, 7) is 0. The normalized spacial score (nSPS) is 12.4. The lowest BCUT2D eigenvalue weighted by Gasteiger charge is -2.11. The van der Waals surface area contributed by atoms with E-state index in [9.17, 15) is 4.39 Å². The van der Waals surface area contributed by atoms with Crippen LogP contribution in [0, 0.1) is 5.82 Å². The van der Waals surface area contributed by atoms with Crippen LogP contribution in [0.1, 0.15) is 16.5 Å². The van der Waals surface area contributed by atoms with Gasteiger partial charge in [-0.15, -0.1) is 11.3 Å². The van der Waals surface area contributed by atoms with Gasteiger partial charge in [-0.05, 0) is 24.1 Å². The molecule has 96 valence electrons. The van der Waals surface area contributed by atoms with E-state index in [4.69, 9.17) is 22.1 Å². The van der Waals surface area contributed by atoms with Gasteiger partial charge in [0, 0.05) is 16.3 Å². The smallest absolute Gasteiger partial charge is 0.142 e. The highest BCUT2D eigenvalue weighted by Gasteiger charge is 2.13. The van der Waals surface area contributed by atoms with Crippen molar-refractivity contribution >= 4 is 22.9 Å². The number of ether oxygens (including phenoxy) is 1. The third-order valence-electron chi connectivity index (χ3n) is 2.67. The van der Waals surface area contributed by atoms with Crippen molar-refractivity contribution in [3.63, 3.8) is 0 Å². The van der Waals surface area contributed by atoms with Gasteiger partial charge in [-0.3, -0.25) is 0 Å². The Labute approximate surface area is 114 Å². The van der Waals surface area contributed by atoms with Gasteiger partial charge in [0.2, 0.25) is 0 Å². The van der Waals surface area contributed by atoms with Crippen LogP contribution in [0.2, 0.25) is 5.02 Å². The van der Waals surface area contributed by atoms with E-state index >= 15 is 0 Å². The van der Waals surface area contributed by atoms with E-state index < -0.39 is 5.82 Å². The average Bonchev–Trinajstić information content (AvgIpc) is 2.83. The molecule has 1 unspecified atom stereocenters. The molecule has 2 nitrogen and oxygen atoms in total. The molecule has 5 heteroatoms. The van der Waals surface area contributed by atoms with Crippen molar-refractivity contribution in [1.29, 1.82) is 0 Å². The molecule has 0 aliphatic carbocycles. The molecule has 0 aliphatic rings. The van der Waals surface area contributed by atoms with Gasteiger partial charge in [0.1, 0.15) is 11.6 Å². The second-order valence-corrected chi connectivity index (χ2v) is 5.23. The van der Waals surface area contributed by atoms with Crippen LogP contribution in [-0.2, 0) is 6.42 Å². The molecule has 0 spiro atoms. The largest absolute Gasteiger partial charge is 0.496 e. The van der Waals surface area contributed by atoms with E-state index in [1.54, 1.807) is 19.2 Å². The number of benzene rings is 1. The summed E-state index contributed by atoms with van der Waals surface area (Å²) in [5.41, 5.74) is 6.81. The minimum atomic E-state index is -0.412. The standard InChI is InChI=1S/C13H13ClFNOS/c1-17-9-6-12(18-7-9)11(16)5-8-3-2-4-10(15)13(8)14/h2-4,6-7,11H,5,16H2,1H3. The summed E-state index contributed by atoms with van der Waals surface area (Å²) in [6, 6.07) is 6.45. The summed E-state index contributed by atoms with van der Waals surface area (Å²) in [5, 5.41) is 2.04. The van der Waals surface area contributed by atoms with Crippen molar-refractivity contribution in [3.8, 4) is 5.75 Å². The number of hydrogen-bond donors (Lipinski definition) is 1. The molecule has 1 atom stereocenters. The van der Waals surface area contributed by atoms with Crippen LogP contribution in [0.3, 0.4) is 0 Å². The van der Waals surface area contributed by atoms with Gasteiger partial charge in [0.15, 0.2) is 0 Å². The molecule has 2 N–H and O–H groups in total. The Kier molecular flexibility index (Phi) is 4.22. The highest BCUT2D eigenvalue weighted by atomic mass is 35.5. The number of halogens is 2. The predicted octanol–water partition coefficient (Wildman–Crippen LogP) is 3.79. The first-order chi connectivity index (χ1) is 8.61. The topological polar surface area (TPSA) is 35.2 Å². The third kappa shape index (κ3) is 2.83. The molecule has 0 amide bonds. The lowest BCUT2D eigenvalue weighted by Crippen LogP contribution is -2.12. The summed E-state index contributed by atoms with van der Waals surface area (Å²) >= 11 is 7.43. The maximum Gasteiger partial charge on any atom is 0.142 e. The molecule has 2 rings (SSSR count). The SMILES string of the molecule is COc1csc(C(N)Cc2cccc(F)c2Cl)c1. The lowest BCUT2D eigenvalue weighted by atomic mass is 10.1. The molecule has 0 fully saturated rings. The van der Waals surface area contributed by atoms with Gasteiger partial charge in [0.25, 0.3) is 0 Å². The maximum atomic E-state index is 13.3. The van der Waals surface area contributed by atoms with E-state index in [1.165, 1.54) is 17.4 Å². The Morgan fingerprint density at radius 3 is 2.94 bits per heavy atom. The Balaban J connectivity index is 2.15. The monoisotopic (exact) mass is 285 g/mol. The summed E-state index contributed by atoms with van der Waals surface area (Å²) in [5.74, 6) is 0.376. The van der Waals surface area contributed by atoms with E-state index in [2.05, 4.69) is 0 Å². The second kappa shape index (κ2) is 5.69. The van der Waals surface area contributed by atoms with Crippen LogP contribution in [-0.4, -0.2) is 7.11 Å². The predicted molar refractivity (Wildman–Crippen MR) is 72.9 cm³/mol. The molecular formula is C13H13ClFNOS. The molecule has 2 aromatic rings. The molecule has 0 radical (unpaired) electrons. The fraction of sp³-hybridized carbons (Fsp3) is 0.231. The minimum absolute atomic E-state index is 0.150. The van der Waals surface area contributed by atoms with Crippen molar-refractivity contribution in [2.45, 2.75) is 12.5 Å². The van der Waals surface area contributed by atoms with Gasteiger partial charge >= 0.3 is 0 Å². The Morgan fingerprint density at radius 2 is 2.28 bits per heavy atom. The van der Waals surface area contributed by atoms with Gasteiger partial charge in [-0.2, -0.15) is 0 Å². The van der Waals surface area contributed by atoms with Crippen molar-refractivity contribution in [1.82, 2.24) is 0 Å². The first-order valence-electron chi connectivity index (χ1n) is 5.42. The molecule has 18 heavy (non-hydrogen) atoms. The molecule has 0 saturated carbocycles. The van der Waals surface area contributed by atoms with Crippen LogP contribution in [0.25, 0.3) is 0 Å². The number of nitrogens with two attached hydrogens (primary N) is 1. The molecule has 1 aromatic carbocycles. The zero-order valence-electron chi connectivity index (χ0n) is 9.82. The van der Waals surface area contributed by atoms with Gasteiger partial charge in [-0.25, -0.2) is 4.39 Å². The zero-order chi connectivity index (χ0) is 13.1. The molecule has 1 heterocycles. The number of hydrogen-bond acceptors (Lipinski definition) is 3. The summed E-state index contributed by atoms with van der Waals surface area (Å²) < 4.78 is 18.4.